The first-order valence-electron chi connectivity index (χ1n) is 4.62. The molecule has 0 saturated carbocycles. The van der Waals surface area contributed by atoms with Gasteiger partial charge in [-0.3, -0.25) is 14.5 Å². The molecule has 0 radical (unpaired) electrons. The molecule has 0 bridgehead atoms. The Hall–Kier alpha value is -0.900. The van der Waals surface area contributed by atoms with E-state index >= 15 is 0 Å². The fourth-order valence-corrected chi connectivity index (χ4v) is 1.43. The third-order valence-corrected chi connectivity index (χ3v) is 2.48. The Morgan fingerprint density at radius 1 is 1.54 bits per heavy atom. The van der Waals surface area contributed by atoms with Gasteiger partial charge >= 0.3 is 0 Å². The van der Waals surface area contributed by atoms with E-state index in [2.05, 4.69) is 5.32 Å². The van der Waals surface area contributed by atoms with Gasteiger partial charge in [0.15, 0.2) is 0 Å². The van der Waals surface area contributed by atoms with Gasteiger partial charge in [0, 0.05) is 26.1 Å². The van der Waals surface area contributed by atoms with Crippen molar-refractivity contribution < 1.29 is 9.59 Å². The van der Waals surface area contributed by atoms with Gasteiger partial charge in [-0.2, -0.15) is 0 Å². The molecule has 1 aliphatic rings. The molecule has 74 valence electrons. The highest BCUT2D eigenvalue weighted by Gasteiger charge is 2.20. The van der Waals surface area contributed by atoms with E-state index in [9.17, 15) is 9.59 Å². The van der Waals surface area contributed by atoms with Crippen LogP contribution in [0.4, 0.5) is 0 Å². The van der Waals surface area contributed by atoms with Gasteiger partial charge in [-0.05, 0) is 13.8 Å². The Kier molecular flexibility index (Phi) is 3.42. The Balaban J connectivity index is 2.50. The van der Waals surface area contributed by atoms with Crippen LogP contribution in [0.3, 0.4) is 0 Å². The summed E-state index contributed by atoms with van der Waals surface area (Å²) in [6.07, 6.45) is 0.498. The summed E-state index contributed by atoms with van der Waals surface area (Å²) in [6.45, 7) is 5.58. The minimum Gasteiger partial charge on any atom is -0.355 e. The summed E-state index contributed by atoms with van der Waals surface area (Å²) in [6, 6.07) is -0.0623. The molecule has 1 N–H and O–H groups in total. The zero-order valence-electron chi connectivity index (χ0n) is 8.17. The molecule has 0 aromatic carbocycles. The predicted octanol–water partition coefficient (Wildman–Crippen LogP) is -0.214. The molecule has 0 aromatic heterocycles. The minimum absolute atomic E-state index is 0.0623. The third kappa shape index (κ3) is 2.81. The second-order valence-corrected chi connectivity index (χ2v) is 3.42. The number of hydrogen-bond donors (Lipinski definition) is 1. The summed E-state index contributed by atoms with van der Waals surface area (Å²) in [4.78, 5) is 24.1. The molecule has 1 heterocycles. The van der Waals surface area contributed by atoms with Crippen LogP contribution in [0.5, 0.6) is 0 Å². The van der Waals surface area contributed by atoms with Crippen LogP contribution < -0.4 is 5.32 Å². The van der Waals surface area contributed by atoms with Crippen molar-refractivity contribution in [2.75, 3.05) is 19.6 Å². The smallest absolute Gasteiger partial charge is 0.221 e. The number of rotatable bonds is 2. The topological polar surface area (TPSA) is 49.4 Å². The largest absolute Gasteiger partial charge is 0.355 e. The van der Waals surface area contributed by atoms with Crippen LogP contribution in [0.15, 0.2) is 0 Å². The SMILES string of the molecule is CC(=O)C(C)N1CCNC(=O)CC1. The van der Waals surface area contributed by atoms with Gasteiger partial charge in [-0.1, -0.05) is 0 Å². The van der Waals surface area contributed by atoms with E-state index < -0.39 is 0 Å². The van der Waals surface area contributed by atoms with Crippen LogP contribution in [0.25, 0.3) is 0 Å². The lowest BCUT2D eigenvalue weighted by Crippen LogP contribution is -2.40. The van der Waals surface area contributed by atoms with Gasteiger partial charge in [0.25, 0.3) is 0 Å². The molecule has 0 spiro atoms. The maximum atomic E-state index is 11.1. The lowest BCUT2D eigenvalue weighted by atomic mass is 10.2. The van der Waals surface area contributed by atoms with Crippen molar-refractivity contribution in [1.29, 1.82) is 0 Å². The normalized spacial score (nSPS) is 21.8. The Bertz CT molecular complexity index is 216. The highest BCUT2D eigenvalue weighted by Crippen LogP contribution is 2.03. The second-order valence-electron chi connectivity index (χ2n) is 3.42. The maximum Gasteiger partial charge on any atom is 0.221 e. The summed E-state index contributed by atoms with van der Waals surface area (Å²) >= 11 is 0. The van der Waals surface area contributed by atoms with Crippen molar-refractivity contribution in [1.82, 2.24) is 10.2 Å². The summed E-state index contributed by atoms with van der Waals surface area (Å²) in [7, 11) is 0. The molecule has 13 heavy (non-hydrogen) atoms. The van der Waals surface area contributed by atoms with Crippen molar-refractivity contribution in [2.45, 2.75) is 26.3 Å². The number of ketones is 1. The molecule has 1 saturated heterocycles. The van der Waals surface area contributed by atoms with E-state index in [1.807, 2.05) is 11.8 Å². The minimum atomic E-state index is -0.0623. The van der Waals surface area contributed by atoms with Crippen molar-refractivity contribution in [3.05, 3.63) is 0 Å². The molecule has 4 nitrogen and oxygen atoms in total. The molecule has 1 amide bonds. The summed E-state index contributed by atoms with van der Waals surface area (Å²) < 4.78 is 0. The first-order valence-corrected chi connectivity index (χ1v) is 4.62. The number of carbonyl (C=O) groups is 2. The lowest BCUT2D eigenvalue weighted by molar-refractivity contribution is -0.123. The van der Waals surface area contributed by atoms with E-state index in [0.29, 0.717) is 19.5 Å². The average molecular weight is 184 g/mol. The quantitative estimate of drug-likeness (QED) is 0.646. The van der Waals surface area contributed by atoms with Crippen LogP contribution in [-0.2, 0) is 9.59 Å². The predicted molar refractivity (Wildman–Crippen MR) is 49.3 cm³/mol. The first-order chi connectivity index (χ1) is 6.11. The van der Waals surface area contributed by atoms with Crippen molar-refractivity contribution in [2.24, 2.45) is 0 Å². The highest BCUT2D eigenvalue weighted by molar-refractivity contribution is 5.81. The standard InChI is InChI=1S/C9H16N2O2/c1-7(8(2)12)11-5-3-9(13)10-4-6-11/h7H,3-6H2,1-2H3,(H,10,13). The molecule has 4 heteroatoms. The molecular weight excluding hydrogens is 168 g/mol. The second kappa shape index (κ2) is 4.37. The van der Waals surface area contributed by atoms with Crippen LogP contribution in [0.2, 0.25) is 0 Å². The average Bonchev–Trinajstić information content (AvgIpc) is 2.28. The molecular formula is C9H16N2O2. The summed E-state index contributed by atoms with van der Waals surface area (Å²) in [5.41, 5.74) is 0. The molecule has 1 fully saturated rings. The number of hydrogen-bond acceptors (Lipinski definition) is 3. The number of carbonyl (C=O) groups excluding carboxylic acids is 2. The van der Waals surface area contributed by atoms with Crippen molar-refractivity contribution in [3.8, 4) is 0 Å². The fourth-order valence-electron chi connectivity index (χ4n) is 1.43. The number of nitrogens with zero attached hydrogens (tertiary/aromatic N) is 1. The van der Waals surface area contributed by atoms with E-state index in [1.165, 1.54) is 0 Å². The van der Waals surface area contributed by atoms with Crippen molar-refractivity contribution in [3.63, 3.8) is 0 Å². The summed E-state index contributed by atoms with van der Waals surface area (Å²) in [5.74, 6) is 0.243. The van der Waals surface area contributed by atoms with Crippen LogP contribution in [-0.4, -0.2) is 42.3 Å². The van der Waals surface area contributed by atoms with Gasteiger partial charge < -0.3 is 5.32 Å². The molecule has 1 atom stereocenters. The van der Waals surface area contributed by atoms with E-state index in [4.69, 9.17) is 0 Å². The number of Topliss-reactive ketones (excluding diaryl/α,β-unsaturated/α-hetero) is 1. The fraction of sp³-hybridized carbons (Fsp3) is 0.778. The Morgan fingerprint density at radius 3 is 2.85 bits per heavy atom. The van der Waals surface area contributed by atoms with Gasteiger partial charge in [0.1, 0.15) is 5.78 Å². The third-order valence-electron chi connectivity index (χ3n) is 2.48. The molecule has 0 aliphatic carbocycles. The molecule has 1 unspecified atom stereocenters. The number of amides is 1. The first kappa shape index (κ1) is 10.2. The number of nitrogens with one attached hydrogen (secondary N) is 1. The Morgan fingerprint density at radius 2 is 2.23 bits per heavy atom. The maximum absolute atomic E-state index is 11.1. The van der Waals surface area contributed by atoms with E-state index in [0.717, 1.165) is 6.54 Å². The molecule has 1 aliphatic heterocycles. The van der Waals surface area contributed by atoms with Crippen LogP contribution in [0, 0.1) is 0 Å². The van der Waals surface area contributed by atoms with Gasteiger partial charge in [-0.15, -0.1) is 0 Å². The van der Waals surface area contributed by atoms with E-state index in [1.54, 1.807) is 6.92 Å². The van der Waals surface area contributed by atoms with Gasteiger partial charge in [0.05, 0.1) is 6.04 Å². The molecule has 0 aromatic rings. The Labute approximate surface area is 78.3 Å². The zero-order chi connectivity index (χ0) is 9.84. The van der Waals surface area contributed by atoms with Gasteiger partial charge in [-0.25, -0.2) is 0 Å². The summed E-state index contributed by atoms with van der Waals surface area (Å²) in [5, 5.41) is 2.78. The molecule has 1 rings (SSSR count). The lowest BCUT2D eigenvalue weighted by Gasteiger charge is -2.24. The van der Waals surface area contributed by atoms with E-state index in [-0.39, 0.29) is 17.7 Å². The van der Waals surface area contributed by atoms with Crippen LogP contribution in [0.1, 0.15) is 20.3 Å². The zero-order valence-corrected chi connectivity index (χ0v) is 8.17. The monoisotopic (exact) mass is 184 g/mol. The van der Waals surface area contributed by atoms with Crippen LogP contribution >= 0.6 is 0 Å². The van der Waals surface area contributed by atoms with Gasteiger partial charge in [0.2, 0.25) is 5.91 Å². The van der Waals surface area contributed by atoms with Crippen molar-refractivity contribution >= 4 is 11.7 Å². The highest BCUT2D eigenvalue weighted by atomic mass is 16.1.